The van der Waals surface area contributed by atoms with Gasteiger partial charge in [0.2, 0.25) is 0 Å². The van der Waals surface area contributed by atoms with Crippen LogP contribution in [0.25, 0.3) is 0 Å². The fourth-order valence-electron chi connectivity index (χ4n) is 6.65. The first-order chi connectivity index (χ1) is 38.7. The lowest BCUT2D eigenvalue weighted by Crippen LogP contribution is -2.09. The molecule has 0 unspecified atom stereocenters. The van der Waals surface area contributed by atoms with Crippen LogP contribution in [0.15, 0.2) is 97.1 Å². The monoisotopic (exact) mass is 1110 g/mol. The van der Waals surface area contributed by atoms with E-state index in [-0.39, 0.29) is 0 Å². The van der Waals surface area contributed by atoms with Gasteiger partial charge in [-0.1, -0.05) is 194 Å². The first kappa shape index (κ1) is 79.7. The zero-order chi connectivity index (χ0) is 58.9. The molecule has 0 atom stereocenters. The highest BCUT2D eigenvalue weighted by Crippen LogP contribution is 2.08. The molecule has 0 heterocycles. The maximum atomic E-state index is 5.28. The number of ether oxygens (including phenoxy) is 9. The summed E-state index contributed by atoms with van der Waals surface area (Å²) in [4.78, 5) is 0. The molecule has 9 nitrogen and oxygen atoms in total. The van der Waals surface area contributed by atoms with E-state index in [1.54, 1.807) is 0 Å². The molecule has 79 heavy (non-hydrogen) atoms. The van der Waals surface area contributed by atoms with Gasteiger partial charge in [0, 0.05) is 39.6 Å². The average molecular weight is 1110 g/mol. The highest BCUT2D eigenvalue weighted by molar-refractivity contribution is 5.25. The van der Waals surface area contributed by atoms with Gasteiger partial charge in [-0.25, -0.2) is 0 Å². The minimum Gasteiger partial charge on any atom is -0.379 e. The van der Waals surface area contributed by atoms with Crippen molar-refractivity contribution in [2.75, 3.05) is 119 Å². The molecule has 0 amide bonds. The van der Waals surface area contributed by atoms with Gasteiger partial charge < -0.3 is 42.6 Å². The van der Waals surface area contributed by atoms with Gasteiger partial charge in [0.05, 0.1) is 79.3 Å². The molecule has 0 aromatic heterocycles. The molecular weight excluding hydrogens is 985 g/mol. The zero-order valence-electron chi connectivity index (χ0n) is 53.5. The zero-order valence-corrected chi connectivity index (χ0v) is 53.5. The Morgan fingerprint density at radius 1 is 0.177 bits per heavy atom. The summed E-state index contributed by atoms with van der Waals surface area (Å²) in [5.41, 5.74) is 11.5. The van der Waals surface area contributed by atoms with E-state index in [2.05, 4.69) is 194 Å². The second-order valence-corrected chi connectivity index (χ2v) is 18.6. The van der Waals surface area contributed by atoms with Gasteiger partial charge in [0.15, 0.2) is 0 Å². The van der Waals surface area contributed by atoms with Crippen molar-refractivity contribution in [3.05, 3.63) is 142 Å². The number of rotatable bonds is 38. The van der Waals surface area contributed by atoms with Crippen LogP contribution in [0.5, 0.6) is 0 Å². The quantitative estimate of drug-likeness (QED) is 0.0408. The molecule has 0 aliphatic carbocycles. The third kappa shape index (κ3) is 57.6. The van der Waals surface area contributed by atoms with E-state index in [1.807, 2.05) is 0 Å². The molecule has 0 saturated carbocycles. The largest absolute Gasteiger partial charge is 0.379 e. The summed E-state index contributed by atoms with van der Waals surface area (Å²) in [6.07, 6.45) is 15.6. The smallest absolute Gasteiger partial charge is 0.0701 e. The first-order valence-corrected chi connectivity index (χ1v) is 31.2. The van der Waals surface area contributed by atoms with Gasteiger partial charge in [-0.05, 0) is 134 Å². The van der Waals surface area contributed by atoms with Crippen LogP contribution < -0.4 is 0 Å². The van der Waals surface area contributed by atoms with E-state index in [4.69, 9.17) is 42.6 Å². The van der Waals surface area contributed by atoms with Gasteiger partial charge in [0.25, 0.3) is 0 Å². The highest BCUT2D eigenvalue weighted by atomic mass is 16.6. The van der Waals surface area contributed by atoms with Gasteiger partial charge in [0.1, 0.15) is 0 Å². The van der Waals surface area contributed by atoms with E-state index in [0.717, 1.165) is 130 Å². The van der Waals surface area contributed by atoms with E-state index < -0.39 is 0 Å². The van der Waals surface area contributed by atoms with E-state index in [9.17, 15) is 0 Å². The Bertz CT molecular complexity index is 1470. The van der Waals surface area contributed by atoms with Crippen molar-refractivity contribution in [1.82, 2.24) is 0 Å². The lowest BCUT2D eigenvalue weighted by molar-refractivity contribution is 0.0148. The maximum absolute atomic E-state index is 5.28. The summed E-state index contributed by atoms with van der Waals surface area (Å²) in [6, 6.07) is 35.2. The van der Waals surface area contributed by atoms with E-state index >= 15 is 0 Å². The predicted molar refractivity (Wildman–Crippen MR) is 340 cm³/mol. The fraction of sp³-hybridized carbons (Fsp3) is 0.657. The van der Waals surface area contributed by atoms with Crippen molar-refractivity contribution in [2.45, 2.75) is 187 Å². The molecule has 0 bridgehead atoms. The van der Waals surface area contributed by atoms with Crippen LogP contribution in [0, 0.1) is 0 Å². The molecule has 0 fully saturated rings. The molecule has 0 radical (unpaired) electrons. The summed E-state index contributed by atoms with van der Waals surface area (Å²) in [6.45, 7) is 43.3. The summed E-state index contributed by atoms with van der Waals surface area (Å²) in [5.74, 6) is 0. The Morgan fingerprint density at radius 2 is 0.316 bits per heavy atom. The number of hydrogen-bond acceptors (Lipinski definition) is 9. The number of hydrogen-bond donors (Lipinski definition) is 0. The van der Waals surface area contributed by atoms with Gasteiger partial charge >= 0.3 is 0 Å². The van der Waals surface area contributed by atoms with Crippen molar-refractivity contribution in [1.29, 1.82) is 0 Å². The Balaban J connectivity index is -0.000000855. The van der Waals surface area contributed by atoms with Crippen LogP contribution in [-0.4, -0.2) is 119 Å². The highest BCUT2D eigenvalue weighted by Gasteiger charge is 1.95. The predicted octanol–water partition coefficient (Wildman–Crippen LogP) is 16.8. The van der Waals surface area contributed by atoms with Crippen molar-refractivity contribution in [3.63, 3.8) is 0 Å². The second-order valence-electron chi connectivity index (χ2n) is 18.6. The summed E-state index contributed by atoms with van der Waals surface area (Å²) in [7, 11) is 0. The molecule has 456 valence electrons. The minimum absolute atomic E-state index is 0.676. The molecule has 0 aliphatic rings. The summed E-state index contributed by atoms with van der Waals surface area (Å²) >= 11 is 0. The summed E-state index contributed by atoms with van der Waals surface area (Å²) < 4.78 is 47.3. The number of benzene rings is 4. The molecule has 0 N–H and O–H groups in total. The van der Waals surface area contributed by atoms with Crippen LogP contribution >= 0.6 is 0 Å². The molecule has 4 rings (SSSR count). The third-order valence-electron chi connectivity index (χ3n) is 11.6. The fourth-order valence-corrected chi connectivity index (χ4v) is 6.65. The SMILES string of the molecule is CCCOCCOCCOCCC.CCCOCCOCCOCCC.CCCOCCOCCOCCC.CCc1ccc(CC)cc1.CCc1ccc(CC)cc1.CCc1cccc(CC)c1.CCc1cccc(CC)c1. The molecular formula is C70H122O9. The maximum Gasteiger partial charge on any atom is 0.0701 e. The molecule has 9 heteroatoms. The van der Waals surface area contributed by atoms with Crippen molar-refractivity contribution < 1.29 is 42.6 Å². The van der Waals surface area contributed by atoms with Crippen molar-refractivity contribution in [3.8, 4) is 0 Å². The molecule has 4 aromatic rings. The van der Waals surface area contributed by atoms with Gasteiger partial charge in [-0.15, -0.1) is 0 Å². The standard InChI is InChI=1S/3C10H22O3.4C10H14/c3*1-3-5-11-7-9-13-10-8-12-6-4-2;2*1-3-9-5-7-10(4-2)8-6-9;2*1-3-9-6-5-7-10(4-2)8-9/h3*3-10H2,1-2H3;4*5-8H,3-4H2,1-2H3. The van der Waals surface area contributed by atoms with Gasteiger partial charge in [-0.2, -0.15) is 0 Å². The van der Waals surface area contributed by atoms with E-state index in [1.165, 1.54) is 44.5 Å². The first-order valence-electron chi connectivity index (χ1n) is 31.2. The lowest BCUT2D eigenvalue weighted by Gasteiger charge is -2.05. The van der Waals surface area contributed by atoms with Crippen LogP contribution in [-0.2, 0) is 94.0 Å². The Hall–Kier alpha value is -3.48. The van der Waals surface area contributed by atoms with Crippen LogP contribution in [0.1, 0.15) is 180 Å². The topological polar surface area (TPSA) is 83.1 Å². The molecule has 0 spiro atoms. The Labute approximate surface area is 487 Å². The molecule has 4 aromatic carbocycles. The molecule has 0 saturated heterocycles. The minimum atomic E-state index is 0.676. The lowest BCUT2D eigenvalue weighted by atomic mass is 10.1. The van der Waals surface area contributed by atoms with Crippen molar-refractivity contribution >= 4 is 0 Å². The van der Waals surface area contributed by atoms with Crippen LogP contribution in [0.3, 0.4) is 0 Å². The van der Waals surface area contributed by atoms with Crippen LogP contribution in [0.2, 0.25) is 0 Å². The molecule has 0 aliphatic heterocycles. The Kier molecular flexibility index (Phi) is 67.7. The third-order valence-corrected chi connectivity index (χ3v) is 11.6. The Morgan fingerprint density at radius 3 is 0.443 bits per heavy atom. The summed E-state index contributed by atoms with van der Waals surface area (Å²) in [5, 5.41) is 0. The number of aryl methyl sites for hydroxylation is 8. The normalized spacial score (nSPS) is 10.2. The second kappa shape index (κ2) is 67.0. The van der Waals surface area contributed by atoms with E-state index in [0.29, 0.717) is 79.3 Å². The van der Waals surface area contributed by atoms with Crippen molar-refractivity contribution in [2.24, 2.45) is 0 Å². The van der Waals surface area contributed by atoms with Crippen LogP contribution in [0.4, 0.5) is 0 Å². The van der Waals surface area contributed by atoms with Gasteiger partial charge in [-0.3, -0.25) is 0 Å². The average Bonchev–Trinajstić information content (AvgIpc) is 3.50.